The van der Waals surface area contributed by atoms with E-state index >= 15 is 0 Å². The van der Waals surface area contributed by atoms with Crippen molar-refractivity contribution in [3.8, 4) is 10.4 Å². The molecule has 2 nitrogen and oxygen atoms in total. The summed E-state index contributed by atoms with van der Waals surface area (Å²) in [5.41, 5.74) is 4.93. The molecule has 3 heteroatoms. The van der Waals surface area contributed by atoms with Gasteiger partial charge in [0.25, 0.3) is 0 Å². The molecule has 0 saturated heterocycles. The minimum atomic E-state index is 0.443. The van der Waals surface area contributed by atoms with E-state index in [4.69, 9.17) is 4.98 Å². The van der Waals surface area contributed by atoms with Crippen LogP contribution in [0.15, 0.2) is 60.9 Å². The van der Waals surface area contributed by atoms with Crippen molar-refractivity contribution in [3.05, 3.63) is 71.4 Å². The molecule has 2 aromatic carbocycles. The van der Waals surface area contributed by atoms with Crippen LogP contribution in [0.5, 0.6) is 0 Å². The fourth-order valence-corrected chi connectivity index (χ4v) is 4.88. The number of aromatic nitrogens is 2. The predicted molar refractivity (Wildman–Crippen MR) is 112 cm³/mol. The Morgan fingerprint density at radius 3 is 2.58 bits per heavy atom. The van der Waals surface area contributed by atoms with E-state index < -0.39 is 0 Å². The molecule has 3 heterocycles. The maximum atomic E-state index is 4.75. The van der Waals surface area contributed by atoms with Gasteiger partial charge in [-0.05, 0) is 36.6 Å². The van der Waals surface area contributed by atoms with Crippen LogP contribution in [0.25, 0.3) is 37.8 Å². The highest BCUT2D eigenvalue weighted by molar-refractivity contribution is 7.15. The summed E-state index contributed by atoms with van der Waals surface area (Å²) < 4.78 is 2.23. The molecule has 0 aliphatic carbocycles. The second kappa shape index (κ2) is 5.68. The molecule has 0 amide bonds. The summed E-state index contributed by atoms with van der Waals surface area (Å²) in [7, 11) is 0. The first-order valence-electron chi connectivity index (χ1n) is 9.02. The van der Waals surface area contributed by atoms with Crippen LogP contribution >= 0.6 is 11.3 Å². The van der Waals surface area contributed by atoms with Crippen LogP contribution in [0.4, 0.5) is 0 Å². The van der Waals surface area contributed by atoms with E-state index in [0.29, 0.717) is 5.92 Å². The van der Waals surface area contributed by atoms with Gasteiger partial charge in [-0.3, -0.25) is 4.40 Å². The number of fused-ring (bicyclic) bond motifs is 6. The van der Waals surface area contributed by atoms with Crippen LogP contribution in [0.1, 0.15) is 30.2 Å². The molecule has 0 aliphatic heterocycles. The number of imidazole rings is 1. The van der Waals surface area contributed by atoms with Crippen molar-refractivity contribution in [3.63, 3.8) is 0 Å². The van der Waals surface area contributed by atoms with Crippen LogP contribution in [-0.2, 0) is 0 Å². The second-order valence-corrected chi connectivity index (χ2v) is 8.44. The number of rotatable bonds is 2. The van der Waals surface area contributed by atoms with E-state index in [0.717, 1.165) is 5.65 Å². The summed E-state index contributed by atoms with van der Waals surface area (Å²) in [5, 5.41) is 3.90. The Labute approximate surface area is 156 Å². The van der Waals surface area contributed by atoms with E-state index in [2.05, 4.69) is 79.9 Å². The standard InChI is InChI=1S/C23H20N2S/c1-14(2)16-9-10-18(20-11-8-15(3)26-20)21-17-6-4-5-7-19(17)25-13-12-24-23(25)22(16)21/h4-14H,1-3H3. The zero-order chi connectivity index (χ0) is 17.8. The van der Waals surface area contributed by atoms with Gasteiger partial charge in [0.05, 0.1) is 5.52 Å². The van der Waals surface area contributed by atoms with E-state index in [-0.39, 0.29) is 0 Å². The van der Waals surface area contributed by atoms with Gasteiger partial charge in [-0.2, -0.15) is 0 Å². The molecule has 0 saturated carbocycles. The maximum Gasteiger partial charge on any atom is 0.145 e. The molecular formula is C23H20N2S. The molecule has 0 N–H and O–H groups in total. The van der Waals surface area contributed by atoms with Gasteiger partial charge in [-0.1, -0.05) is 44.2 Å². The van der Waals surface area contributed by atoms with E-state index in [1.54, 1.807) is 0 Å². The van der Waals surface area contributed by atoms with Gasteiger partial charge in [-0.15, -0.1) is 11.3 Å². The van der Waals surface area contributed by atoms with Crippen molar-refractivity contribution in [2.45, 2.75) is 26.7 Å². The highest BCUT2D eigenvalue weighted by atomic mass is 32.1. The molecule has 0 fully saturated rings. The molecule has 5 rings (SSSR count). The summed E-state index contributed by atoms with van der Waals surface area (Å²) in [4.78, 5) is 7.41. The van der Waals surface area contributed by atoms with Gasteiger partial charge in [0.1, 0.15) is 5.65 Å². The summed E-state index contributed by atoms with van der Waals surface area (Å²) in [5.74, 6) is 0.443. The van der Waals surface area contributed by atoms with Gasteiger partial charge < -0.3 is 0 Å². The number of pyridine rings is 1. The third-order valence-corrected chi connectivity index (χ3v) is 6.20. The fraction of sp³-hybridized carbons (Fsp3) is 0.174. The zero-order valence-electron chi connectivity index (χ0n) is 15.2. The van der Waals surface area contributed by atoms with Gasteiger partial charge in [0, 0.05) is 43.9 Å². The average Bonchev–Trinajstić information content (AvgIpc) is 3.30. The van der Waals surface area contributed by atoms with Gasteiger partial charge in [0.2, 0.25) is 0 Å². The lowest BCUT2D eigenvalue weighted by atomic mass is 9.91. The van der Waals surface area contributed by atoms with Crippen LogP contribution < -0.4 is 0 Å². The first kappa shape index (κ1) is 15.6. The molecular weight excluding hydrogens is 336 g/mol. The SMILES string of the molecule is Cc1ccc(-c2ccc(C(C)C)c3c2c2ccccc2n2ccnc32)s1. The van der Waals surface area contributed by atoms with Gasteiger partial charge in [-0.25, -0.2) is 4.98 Å². The predicted octanol–water partition coefficient (Wildman–Crippen LogP) is 6.80. The van der Waals surface area contributed by atoms with Crippen LogP contribution in [-0.4, -0.2) is 9.38 Å². The number of hydrogen-bond donors (Lipinski definition) is 0. The smallest absolute Gasteiger partial charge is 0.145 e. The highest BCUT2D eigenvalue weighted by Crippen LogP contribution is 2.41. The van der Waals surface area contributed by atoms with Gasteiger partial charge in [0.15, 0.2) is 0 Å². The molecule has 5 aromatic rings. The van der Waals surface area contributed by atoms with Crippen molar-refractivity contribution in [2.75, 3.05) is 0 Å². The monoisotopic (exact) mass is 356 g/mol. The lowest BCUT2D eigenvalue weighted by molar-refractivity contribution is 0.876. The quantitative estimate of drug-likeness (QED) is 0.318. The second-order valence-electron chi connectivity index (χ2n) is 7.16. The van der Waals surface area contributed by atoms with Crippen molar-refractivity contribution >= 4 is 38.7 Å². The number of nitrogens with zero attached hydrogens (tertiary/aromatic N) is 2. The average molecular weight is 356 g/mol. The molecule has 0 atom stereocenters. The molecule has 26 heavy (non-hydrogen) atoms. The molecule has 128 valence electrons. The number of hydrogen-bond acceptors (Lipinski definition) is 2. The molecule has 0 aliphatic rings. The summed E-state index contributed by atoms with van der Waals surface area (Å²) in [6, 6.07) is 17.7. The van der Waals surface area contributed by atoms with E-state index in [1.165, 1.54) is 42.6 Å². The molecule has 0 unspecified atom stereocenters. The minimum Gasteiger partial charge on any atom is -0.299 e. The van der Waals surface area contributed by atoms with Crippen LogP contribution in [0, 0.1) is 6.92 Å². The highest BCUT2D eigenvalue weighted by Gasteiger charge is 2.18. The van der Waals surface area contributed by atoms with Crippen molar-refractivity contribution in [2.24, 2.45) is 0 Å². The Morgan fingerprint density at radius 2 is 1.81 bits per heavy atom. The van der Waals surface area contributed by atoms with Crippen LogP contribution in [0.2, 0.25) is 0 Å². The maximum absolute atomic E-state index is 4.75. The third-order valence-electron chi connectivity index (χ3n) is 5.16. The van der Waals surface area contributed by atoms with Crippen molar-refractivity contribution < 1.29 is 0 Å². The number of aryl methyl sites for hydroxylation is 1. The molecule has 0 spiro atoms. The van der Waals surface area contributed by atoms with Crippen molar-refractivity contribution in [1.29, 1.82) is 0 Å². The number of benzene rings is 2. The Morgan fingerprint density at radius 1 is 0.962 bits per heavy atom. The Bertz CT molecular complexity index is 1270. The number of thiophene rings is 1. The van der Waals surface area contributed by atoms with Crippen molar-refractivity contribution in [1.82, 2.24) is 9.38 Å². The largest absolute Gasteiger partial charge is 0.299 e. The lowest BCUT2D eigenvalue weighted by Gasteiger charge is -2.17. The zero-order valence-corrected chi connectivity index (χ0v) is 16.0. The Hall–Kier alpha value is -2.65. The summed E-state index contributed by atoms with van der Waals surface area (Å²) in [6.07, 6.45) is 3.98. The normalized spacial score (nSPS) is 12.0. The summed E-state index contributed by atoms with van der Waals surface area (Å²) in [6.45, 7) is 6.69. The van der Waals surface area contributed by atoms with Gasteiger partial charge >= 0.3 is 0 Å². The molecule has 0 bridgehead atoms. The minimum absolute atomic E-state index is 0.443. The van der Waals surface area contributed by atoms with E-state index in [1.807, 2.05) is 17.5 Å². The van der Waals surface area contributed by atoms with Crippen LogP contribution in [0.3, 0.4) is 0 Å². The molecule has 0 radical (unpaired) electrons. The number of para-hydroxylation sites is 1. The Kier molecular flexibility index (Phi) is 3.41. The fourth-order valence-electron chi connectivity index (χ4n) is 3.98. The first-order chi connectivity index (χ1) is 12.6. The molecule has 3 aromatic heterocycles. The lowest BCUT2D eigenvalue weighted by Crippen LogP contribution is -1.97. The Balaban J connectivity index is 2.09. The topological polar surface area (TPSA) is 17.3 Å². The summed E-state index contributed by atoms with van der Waals surface area (Å²) >= 11 is 1.86. The third kappa shape index (κ3) is 2.14. The van der Waals surface area contributed by atoms with E-state index in [9.17, 15) is 0 Å². The first-order valence-corrected chi connectivity index (χ1v) is 9.84.